The molecule has 0 aliphatic carbocycles. The largest absolute Gasteiger partial charge is 0.495 e. The van der Waals surface area contributed by atoms with Crippen molar-refractivity contribution in [3.63, 3.8) is 0 Å². The van der Waals surface area contributed by atoms with E-state index in [9.17, 15) is 0 Å². The quantitative estimate of drug-likeness (QED) is 0.746. The molecular formula is C14H12ClN3O2S. The van der Waals surface area contributed by atoms with E-state index in [2.05, 4.69) is 9.97 Å². The zero-order valence-electron chi connectivity index (χ0n) is 11.4. The van der Waals surface area contributed by atoms with E-state index in [1.54, 1.807) is 37.0 Å². The first-order valence-corrected chi connectivity index (χ1v) is 6.92. The lowest BCUT2D eigenvalue weighted by atomic mass is 10.3. The van der Waals surface area contributed by atoms with Crippen LogP contribution in [0.25, 0.3) is 16.9 Å². The molecule has 0 aliphatic heterocycles. The van der Waals surface area contributed by atoms with Gasteiger partial charge in [-0.05, 0) is 36.5 Å². The summed E-state index contributed by atoms with van der Waals surface area (Å²) >= 11 is 11.6. The van der Waals surface area contributed by atoms with Gasteiger partial charge in [0.05, 0.1) is 30.4 Å². The highest BCUT2D eigenvalue weighted by molar-refractivity contribution is 7.71. The highest BCUT2D eigenvalue weighted by Crippen LogP contribution is 2.28. The predicted molar refractivity (Wildman–Crippen MR) is 84.4 cm³/mol. The van der Waals surface area contributed by atoms with Crippen LogP contribution in [-0.2, 0) is 0 Å². The molecule has 1 aromatic carbocycles. The number of nitrogens with zero attached hydrogens (tertiary/aromatic N) is 2. The minimum Gasteiger partial charge on any atom is -0.495 e. The Hall–Kier alpha value is -2.05. The van der Waals surface area contributed by atoms with Crippen molar-refractivity contribution in [3.05, 3.63) is 40.1 Å². The minimum absolute atomic E-state index is 0.508. The van der Waals surface area contributed by atoms with E-state index in [1.807, 2.05) is 12.1 Å². The van der Waals surface area contributed by atoms with Gasteiger partial charge in [-0.25, -0.2) is 0 Å². The number of aromatic amines is 1. The average Bonchev–Trinajstić information content (AvgIpc) is 2.81. The molecule has 2 heterocycles. The van der Waals surface area contributed by atoms with Gasteiger partial charge in [-0.1, -0.05) is 11.6 Å². The SMILES string of the molecule is COc1ccc2[nH]c(=S)n(-c3ccc(OC)c(Cl)c3)c2n1. The Morgan fingerprint density at radius 1 is 1.19 bits per heavy atom. The fraction of sp³-hybridized carbons (Fsp3) is 0.143. The molecule has 5 nitrogen and oxygen atoms in total. The maximum Gasteiger partial charge on any atom is 0.215 e. The summed E-state index contributed by atoms with van der Waals surface area (Å²) in [5.41, 5.74) is 2.31. The van der Waals surface area contributed by atoms with Gasteiger partial charge in [0.2, 0.25) is 5.88 Å². The Kier molecular flexibility index (Phi) is 3.57. The summed E-state index contributed by atoms with van der Waals surface area (Å²) in [4.78, 5) is 7.54. The molecule has 0 aliphatic rings. The molecule has 0 amide bonds. The molecule has 7 heteroatoms. The second kappa shape index (κ2) is 5.38. The molecule has 0 spiro atoms. The predicted octanol–water partition coefficient (Wildman–Crippen LogP) is 3.75. The van der Waals surface area contributed by atoms with Crippen molar-refractivity contribution in [2.75, 3.05) is 14.2 Å². The van der Waals surface area contributed by atoms with Crippen LogP contribution in [0.15, 0.2) is 30.3 Å². The monoisotopic (exact) mass is 321 g/mol. The number of pyridine rings is 1. The second-order valence-corrected chi connectivity index (χ2v) is 5.10. The number of imidazole rings is 1. The molecule has 0 bridgehead atoms. The summed E-state index contributed by atoms with van der Waals surface area (Å²) in [7, 11) is 3.15. The maximum atomic E-state index is 6.18. The van der Waals surface area contributed by atoms with E-state index in [-0.39, 0.29) is 0 Å². The molecule has 1 N–H and O–H groups in total. The van der Waals surface area contributed by atoms with E-state index < -0.39 is 0 Å². The number of nitrogens with one attached hydrogen (secondary N) is 1. The lowest BCUT2D eigenvalue weighted by Gasteiger charge is -2.08. The minimum atomic E-state index is 0.508. The highest BCUT2D eigenvalue weighted by atomic mass is 35.5. The number of fused-ring (bicyclic) bond motifs is 1. The fourth-order valence-electron chi connectivity index (χ4n) is 2.11. The topological polar surface area (TPSA) is 52.1 Å². The molecule has 0 saturated heterocycles. The van der Waals surface area contributed by atoms with Crippen molar-refractivity contribution in [2.24, 2.45) is 0 Å². The molecule has 3 rings (SSSR count). The van der Waals surface area contributed by atoms with Crippen LogP contribution in [0.2, 0.25) is 5.02 Å². The number of rotatable bonds is 3. The standard InChI is InChI=1S/C14H12ClN3O2S/c1-19-11-5-3-8(7-9(11)15)18-13-10(16-14(18)21)4-6-12(17-13)20-2/h3-7H,1-2H3,(H,16,21). The van der Waals surface area contributed by atoms with Crippen molar-refractivity contribution in [3.8, 4) is 17.3 Å². The molecule has 0 saturated carbocycles. The van der Waals surface area contributed by atoms with E-state index in [4.69, 9.17) is 33.3 Å². The first kappa shape index (κ1) is 13.9. The second-order valence-electron chi connectivity index (χ2n) is 4.31. The first-order chi connectivity index (χ1) is 10.1. The van der Waals surface area contributed by atoms with E-state index in [0.717, 1.165) is 11.2 Å². The number of H-pyrrole nitrogens is 1. The summed E-state index contributed by atoms with van der Waals surface area (Å²) in [6.45, 7) is 0. The highest BCUT2D eigenvalue weighted by Gasteiger charge is 2.11. The summed E-state index contributed by atoms with van der Waals surface area (Å²) in [5, 5.41) is 0.508. The van der Waals surface area contributed by atoms with Crippen LogP contribution < -0.4 is 9.47 Å². The van der Waals surface area contributed by atoms with Crippen LogP contribution in [-0.4, -0.2) is 28.8 Å². The van der Waals surface area contributed by atoms with Gasteiger partial charge in [0, 0.05) is 6.07 Å². The number of methoxy groups -OCH3 is 2. The lowest BCUT2D eigenvalue weighted by Crippen LogP contribution is -1.97. The number of aromatic nitrogens is 3. The van der Waals surface area contributed by atoms with Crippen LogP contribution in [0.3, 0.4) is 0 Å². The fourth-order valence-corrected chi connectivity index (χ4v) is 2.67. The van der Waals surface area contributed by atoms with Gasteiger partial charge >= 0.3 is 0 Å². The zero-order chi connectivity index (χ0) is 15.0. The van der Waals surface area contributed by atoms with E-state index >= 15 is 0 Å². The summed E-state index contributed by atoms with van der Waals surface area (Å²) < 4.78 is 12.7. The number of hydrogen-bond donors (Lipinski definition) is 1. The molecular weight excluding hydrogens is 310 g/mol. The van der Waals surface area contributed by atoms with Crippen molar-refractivity contribution in [1.82, 2.24) is 14.5 Å². The van der Waals surface area contributed by atoms with E-state index in [1.165, 1.54) is 0 Å². The summed E-state index contributed by atoms with van der Waals surface area (Å²) in [5.74, 6) is 1.13. The Balaban J connectivity index is 2.26. The summed E-state index contributed by atoms with van der Waals surface area (Å²) in [6.07, 6.45) is 0. The number of ether oxygens (including phenoxy) is 2. The molecule has 108 valence electrons. The molecule has 2 aromatic heterocycles. The first-order valence-electron chi connectivity index (χ1n) is 6.13. The summed E-state index contributed by atoms with van der Waals surface area (Å²) in [6, 6.07) is 9.09. The number of halogens is 1. The Labute approximate surface area is 131 Å². The molecule has 0 atom stereocenters. The Morgan fingerprint density at radius 3 is 2.67 bits per heavy atom. The number of hydrogen-bond acceptors (Lipinski definition) is 4. The zero-order valence-corrected chi connectivity index (χ0v) is 13.0. The van der Waals surface area contributed by atoms with Crippen LogP contribution in [0, 0.1) is 4.77 Å². The van der Waals surface area contributed by atoms with Crippen LogP contribution in [0.1, 0.15) is 0 Å². The molecule has 0 fully saturated rings. The smallest absolute Gasteiger partial charge is 0.215 e. The number of benzene rings is 1. The van der Waals surface area contributed by atoms with Gasteiger partial charge in [0.25, 0.3) is 0 Å². The van der Waals surface area contributed by atoms with Crippen LogP contribution in [0.4, 0.5) is 0 Å². The van der Waals surface area contributed by atoms with Gasteiger partial charge in [-0.15, -0.1) is 0 Å². The molecule has 0 radical (unpaired) electrons. The van der Waals surface area contributed by atoms with Gasteiger partial charge in [-0.2, -0.15) is 4.98 Å². The van der Waals surface area contributed by atoms with Crippen molar-refractivity contribution in [1.29, 1.82) is 0 Å². The van der Waals surface area contributed by atoms with Gasteiger partial charge in [0.1, 0.15) is 5.75 Å². The third-order valence-electron chi connectivity index (χ3n) is 3.11. The normalized spacial score (nSPS) is 10.8. The average molecular weight is 322 g/mol. The molecule has 3 aromatic rings. The van der Waals surface area contributed by atoms with E-state index in [0.29, 0.717) is 27.1 Å². The van der Waals surface area contributed by atoms with Gasteiger partial charge in [-0.3, -0.25) is 4.57 Å². The van der Waals surface area contributed by atoms with Crippen molar-refractivity contribution in [2.45, 2.75) is 0 Å². The molecule has 0 unspecified atom stereocenters. The van der Waals surface area contributed by atoms with Gasteiger partial charge in [0.15, 0.2) is 10.4 Å². The van der Waals surface area contributed by atoms with Crippen molar-refractivity contribution < 1.29 is 9.47 Å². The van der Waals surface area contributed by atoms with Gasteiger partial charge < -0.3 is 14.5 Å². The Morgan fingerprint density at radius 2 is 2.00 bits per heavy atom. The van der Waals surface area contributed by atoms with Crippen LogP contribution in [0.5, 0.6) is 11.6 Å². The molecule has 21 heavy (non-hydrogen) atoms. The third-order valence-corrected chi connectivity index (χ3v) is 3.69. The van der Waals surface area contributed by atoms with Crippen LogP contribution >= 0.6 is 23.8 Å². The lowest BCUT2D eigenvalue weighted by molar-refractivity contribution is 0.399. The third kappa shape index (κ3) is 2.36. The van der Waals surface area contributed by atoms with Crippen molar-refractivity contribution >= 4 is 35.0 Å². The Bertz CT molecular complexity index is 872. The maximum absolute atomic E-state index is 6.18.